The van der Waals surface area contributed by atoms with Crippen LogP contribution in [0.5, 0.6) is 0 Å². The van der Waals surface area contributed by atoms with Crippen LogP contribution in [0.4, 0.5) is 0 Å². The van der Waals surface area contributed by atoms with Gasteiger partial charge in [0.2, 0.25) is 0 Å². The molecule has 5 heterocycles. The van der Waals surface area contributed by atoms with Crippen LogP contribution in [0.1, 0.15) is 74.7 Å². The monoisotopic (exact) mass is 1330 g/mol. The maximum atomic E-state index is 4.94. The predicted molar refractivity (Wildman–Crippen MR) is 344 cm³/mol. The summed E-state index contributed by atoms with van der Waals surface area (Å²) in [5.41, 5.74) is 6.67. The van der Waals surface area contributed by atoms with Crippen molar-refractivity contribution < 1.29 is 23.6 Å². The van der Waals surface area contributed by atoms with Gasteiger partial charge in [0, 0.05) is 25.1 Å². The van der Waals surface area contributed by atoms with Crippen molar-refractivity contribution in [3.8, 4) is 0 Å². The van der Waals surface area contributed by atoms with E-state index in [-0.39, 0.29) is 26.3 Å². The molecule has 0 unspecified atom stereocenters. The Morgan fingerprint density at radius 1 is 0.534 bits per heavy atom. The zero-order valence-corrected chi connectivity index (χ0v) is 63.2. The first-order valence-electron chi connectivity index (χ1n) is 26.3. The minimum Gasteiger partial charge on any atom is -0.343 e. The van der Waals surface area contributed by atoms with Gasteiger partial charge in [0.25, 0.3) is 0 Å². The molecule has 0 radical (unpaired) electrons. The molecule has 6 nitrogen and oxygen atoms in total. The van der Waals surface area contributed by atoms with E-state index in [1.54, 1.807) is 0 Å². The Bertz CT molecular complexity index is 2160. The second-order valence-corrected chi connectivity index (χ2v) is 79.1. The Labute approximate surface area is 489 Å². The smallest absolute Gasteiger partial charge is 0.343 e. The van der Waals surface area contributed by atoms with Crippen molar-refractivity contribution in [2.75, 3.05) is 13.2 Å². The van der Waals surface area contributed by atoms with Crippen molar-refractivity contribution in [2.24, 2.45) is 0 Å². The Hall–Kier alpha value is -0.516. The van der Waals surface area contributed by atoms with Crippen molar-refractivity contribution in [1.29, 1.82) is 0 Å². The second kappa shape index (κ2) is 34.5. The first kappa shape index (κ1) is 74.6. The van der Waals surface area contributed by atoms with Crippen LogP contribution < -0.4 is 18.9 Å². The number of nitrogens with zero attached hydrogens (tertiary/aromatic N) is 5. The summed E-state index contributed by atoms with van der Waals surface area (Å²) in [5.74, 6) is 0. The van der Waals surface area contributed by atoms with Crippen LogP contribution in [0, 0.1) is 6.92 Å². The largest absolute Gasteiger partial charge is 1.00 e. The molecule has 5 aromatic rings. The standard InChI is InChI=1S/C18H28GeN2Si2Te.C18H30GeN2Si2.C12H23NSi2.C4H10O.C4H9.CH4.Li/c1-22(2,3)18(23(4,5)6,17-12-8-10-14-21-17)19(24)15-16-11-7-9-13-20-16;1-22(2,3)18(23(4,5)6,17-12-8-10-14-21-17)19-15-16-11-7-9-13-20-16;1-14(2,3)12(15(4,5)6)11-9-7-8-10-13-11;1-3-5-4-2;1-3-4-2;;/h7-14H,15H2,1-6H3;7-14H,15,19H2,1-6H3;7-10,12H,1-6H3;3-4H2,1-2H3;1,3-4H2,2H3;1H4;/q;;;;-1;;+1. The van der Waals surface area contributed by atoms with Gasteiger partial charge < -0.3 is 11.7 Å². The number of hydrogen-bond donors (Lipinski definition) is 0. The summed E-state index contributed by atoms with van der Waals surface area (Å²) < 4.78 is 5.65. The van der Waals surface area contributed by atoms with E-state index in [2.05, 4.69) is 239 Å². The average molecular weight is 1320 g/mol. The van der Waals surface area contributed by atoms with Gasteiger partial charge in [-0.05, 0) is 31.1 Å². The molecular weight excluding hydrogens is 1220 g/mol. The molecule has 0 fully saturated rings. The maximum Gasteiger partial charge on any atom is 1.00 e. The molecular formula is C57H104Ge2LiN5OSi6Te. The molecule has 73 heavy (non-hydrogen) atoms. The van der Waals surface area contributed by atoms with Crippen LogP contribution >= 0.6 is 0 Å². The molecule has 402 valence electrons. The topological polar surface area (TPSA) is 73.7 Å². The molecule has 0 spiro atoms. The third kappa shape index (κ3) is 23.0. The second-order valence-electron chi connectivity index (χ2n) is 24.9. The van der Waals surface area contributed by atoms with Crippen molar-refractivity contribution >= 4 is 93.8 Å². The van der Waals surface area contributed by atoms with E-state index in [9.17, 15) is 0 Å². The molecule has 0 aliphatic carbocycles. The SMILES string of the molecule is C.CCOCC.C[Si](C)(C)C(c1ccccn1)[Si](C)(C)C.C[Si](C)(C)[C]([GeH2][CH2]c1ccccn1)(c1ccccn1)[Si](C)(C)C.C[Si](C)(C)[C](c1ccccn1)([Ge](=[Te])[CH2]c1ccccn1)[Si](C)(C)C.[CH2-]CCC.[Li+]. The van der Waals surface area contributed by atoms with Crippen molar-refractivity contribution in [2.45, 2.75) is 182 Å². The van der Waals surface area contributed by atoms with Gasteiger partial charge in [-0.1, -0.05) is 66.1 Å². The van der Waals surface area contributed by atoms with Crippen molar-refractivity contribution in [3.63, 3.8) is 0 Å². The summed E-state index contributed by atoms with van der Waals surface area (Å²) in [7, 11) is -9.60. The average Bonchev–Trinajstić information content (AvgIpc) is 3.27. The molecule has 0 atom stereocenters. The summed E-state index contributed by atoms with van der Waals surface area (Å²) in [6.07, 6.45) is 12.1. The maximum absolute atomic E-state index is 4.94. The van der Waals surface area contributed by atoms with Crippen LogP contribution in [0.3, 0.4) is 0 Å². The molecule has 0 saturated heterocycles. The Morgan fingerprint density at radius 2 is 0.904 bits per heavy atom. The molecule has 0 amide bonds. The van der Waals surface area contributed by atoms with Crippen LogP contribution in [0.15, 0.2) is 122 Å². The molecule has 0 N–H and O–H groups in total. The summed E-state index contributed by atoms with van der Waals surface area (Å²) >= 11 is 1.58. The molecule has 5 rings (SSSR count). The fourth-order valence-corrected chi connectivity index (χ4v) is 107. The van der Waals surface area contributed by atoms with Crippen LogP contribution in [-0.4, -0.2) is 132 Å². The first-order valence-corrected chi connectivity index (χ1v) is 60.5. The van der Waals surface area contributed by atoms with Crippen LogP contribution in [-0.2, 0) is 22.2 Å². The van der Waals surface area contributed by atoms with Gasteiger partial charge in [-0.2, -0.15) is 6.42 Å². The normalized spacial score (nSPS) is 12.3. The van der Waals surface area contributed by atoms with Gasteiger partial charge in [0.1, 0.15) is 0 Å². The van der Waals surface area contributed by atoms with Crippen molar-refractivity contribution in [3.05, 3.63) is 157 Å². The molecule has 0 aromatic carbocycles. The number of hydrogen-bond acceptors (Lipinski definition) is 6. The minimum absolute atomic E-state index is 0. The summed E-state index contributed by atoms with van der Waals surface area (Å²) in [5, 5.41) is 3.17. The Kier molecular flexibility index (Phi) is 35.2. The number of rotatable bonds is 18. The number of pyridine rings is 5. The van der Waals surface area contributed by atoms with Gasteiger partial charge in [-0.3, -0.25) is 4.98 Å². The van der Waals surface area contributed by atoms with E-state index in [0.29, 0.717) is 6.99 Å². The summed E-state index contributed by atoms with van der Waals surface area (Å²) in [4.78, 5) is 23.7. The molecule has 0 saturated carbocycles. The molecule has 0 aliphatic rings. The fourth-order valence-electron chi connectivity index (χ4n) is 11.4. The van der Waals surface area contributed by atoms with Gasteiger partial charge in [-0.25, -0.2) is 0 Å². The molecule has 0 bridgehead atoms. The minimum atomic E-state index is -1.48. The predicted octanol–water partition coefficient (Wildman–Crippen LogP) is 12.0. The van der Waals surface area contributed by atoms with E-state index in [0.717, 1.165) is 24.8 Å². The fraction of sp³-hybridized carbons (Fsp3) is 0.544. The van der Waals surface area contributed by atoms with E-state index < -0.39 is 74.4 Å². The first-order chi connectivity index (χ1) is 32.8. The molecule has 5 aromatic heterocycles. The number of ether oxygens (including phenoxy) is 1. The number of aromatic nitrogens is 5. The van der Waals surface area contributed by atoms with Crippen molar-refractivity contribution in [1.82, 2.24) is 24.9 Å². The molecule has 16 heteroatoms. The van der Waals surface area contributed by atoms with Gasteiger partial charge in [-0.15, -0.1) is 0 Å². The van der Waals surface area contributed by atoms with Gasteiger partial charge in [0.15, 0.2) is 0 Å². The zero-order valence-electron chi connectivity index (χ0n) is 49.8. The quantitative estimate of drug-likeness (QED) is 0.0643. The zero-order chi connectivity index (χ0) is 54.4. The third-order valence-corrected chi connectivity index (χ3v) is 91.0. The molecule has 0 aliphatic heterocycles. The summed E-state index contributed by atoms with van der Waals surface area (Å²) in [6, 6.07) is 32.1. The van der Waals surface area contributed by atoms with E-state index >= 15 is 0 Å². The third-order valence-electron chi connectivity index (χ3n) is 13.4. The Morgan fingerprint density at radius 3 is 1.19 bits per heavy atom. The Balaban J connectivity index is 0. The van der Waals surface area contributed by atoms with Gasteiger partial charge >= 0.3 is 333 Å². The van der Waals surface area contributed by atoms with Crippen LogP contribution in [0.2, 0.25) is 118 Å². The van der Waals surface area contributed by atoms with E-state index in [1.165, 1.54) is 45.4 Å². The van der Waals surface area contributed by atoms with Crippen LogP contribution in [0.25, 0.3) is 0 Å². The number of unbranched alkanes of at least 4 members (excludes halogenated alkanes) is 1. The van der Waals surface area contributed by atoms with E-state index in [4.69, 9.17) is 14.7 Å². The van der Waals surface area contributed by atoms with E-state index in [1.807, 2.05) is 63.0 Å². The van der Waals surface area contributed by atoms with Gasteiger partial charge in [0.05, 0.1) is 16.1 Å². The summed E-state index contributed by atoms with van der Waals surface area (Å²) in [6.45, 7) is 56.9.